The molecule has 4 heteroatoms. The summed E-state index contributed by atoms with van der Waals surface area (Å²) in [6, 6.07) is 1.36. The molecule has 1 aromatic carbocycles. The number of carbonyl (C=O) groups excluding carboxylic acids is 1. The Morgan fingerprint density at radius 3 is 2.00 bits per heavy atom. The lowest BCUT2D eigenvalue weighted by Gasteiger charge is -1.99. The Kier molecular flexibility index (Phi) is 3.29. The lowest BCUT2D eigenvalue weighted by atomic mass is 10.1. The van der Waals surface area contributed by atoms with Crippen molar-refractivity contribution in [2.75, 3.05) is 0 Å². The fourth-order valence-electron chi connectivity index (χ4n) is 1.04. The summed E-state index contributed by atoms with van der Waals surface area (Å²) >= 11 is 0. The molecule has 0 N–H and O–H groups in total. The van der Waals surface area contributed by atoms with Crippen LogP contribution >= 0.6 is 0 Å². The summed E-state index contributed by atoms with van der Waals surface area (Å²) in [4.78, 5) is 11.3. The molecule has 0 atom stereocenters. The summed E-state index contributed by atoms with van der Waals surface area (Å²) in [5.41, 5.74) is 0.498. The smallest absolute Gasteiger partial charge is 0.194 e. The van der Waals surface area contributed by atoms with Crippen molar-refractivity contribution in [3.05, 3.63) is 46.8 Å². The molecule has 1 aromatic rings. The van der Waals surface area contributed by atoms with E-state index >= 15 is 0 Å². The summed E-state index contributed by atoms with van der Waals surface area (Å²) in [5.74, 6) is -4.84. The molecule has 1 nitrogen and oxygen atoms in total. The van der Waals surface area contributed by atoms with Crippen LogP contribution < -0.4 is 0 Å². The van der Waals surface area contributed by atoms with Gasteiger partial charge in [-0.3, -0.25) is 4.79 Å². The second kappa shape index (κ2) is 4.29. The molecule has 0 aliphatic carbocycles. The van der Waals surface area contributed by atoms with E-state index in [1.54, 1.807) is 13.8 Å². The van der Waals surface area contributed by atoms with Crippen LogP contribution in [0.1, 0.15) is 24.2 Å². The van der Waals surface area contributed by atoms with Crippen LogP contribution in [0.25, 0.3) is 0 Å². The standard InChI is InChI=1S/C11H9F3O/c1-6(2)3-10(15)7-4-8(12)11(14)9(13)5-7/h3-5H,1-2H3. The van der Waals surface area contributed by atoms with Crippen LogP contribution in [-0.4, -0.2) is 5.78 Å². The second-order valence-electron chi connectivity index (χ2n) is 3.34. The van der Waals surface area contributed by atoms with Crippen molar-refractivity contribution in [2.45, 2.75) is 13.8 Å². The van der Waals surface area contributed by atoms with Crippen molar-refractivity contribution in [1.82, 2.24) is 0 Å². The summed E-state index contributed by atoms with van der Waals surface area (Å²) in [5, 5.41) is 0. The molecule has 0 aliphatic rings. The van der Waals surface area contributed by atoms with Crippen LogP contribution in [-0.2, 0) is 0 Å². The first-order valence-corrected chi connectivity index (χ1v) is 4.25. The number of benzene rings is 1. The quantitative estimate of drug-likeness (QED) is 0.419. The third-order valence-electron chi connectivity index (χ3n) is 1.69. The average Bonchev–Trinajstić information content (AvgIpc) is 2.12. The van der Waals surface area contributed by atoms with Crippen LogP contribution in [0.4, 0.5) is 13.2 Å². The molecule has 0 saturated carbocycles. The van der Waals surface area contributed by atoms with Crippen molar-refractivity contribution >= 4 is 5.78 Å². The van der Waals surface area contributed by atoms with Gasteiger partial charge in [-0.05, 0) is 32.1 Å². The molecule has 0 aliphatic heterocycles. The van der Waals surface area contributed by atoms with Gasteiger partial charge >= 0.3 is 0 Å². The topological polar surface area (TPSA) is 17.1 Å². The molecule has 0 radical (unpaired) electrons. The highest BCUT2D eigenvalue weighted by atomic mass is 19.2. The highest BCUT2D eigenvalue weighted by Crippen LogP contribution is 2.14. The van der Waals surface area contributed by atoms with Gasteiger partial charge in [0.2, 0.25) is 0 Å². The normalized spacial score (nSPS) is 9.93. The highest BCUT2D eigenvalue weighted by molar-refractivity contribution is 6.04. The molecular weight excluding hydrogens is 205 g/mol. The first kappa shape index (κ1) is 11.5. The number of ketones is 1. The maximum atomic E-state index is 12.7. The van der Waals surface area contributed by atoms with Gasteiger partial charge in [-0.2, -0.15) is 0 Å². The van der Waals surface area contributed by atoms with Gasteiger partial charge in [0.25, 0.3) is 0 Å². The van der Waals surface area contributed by atoms with Gasteiger partial charge in [-0.15, -0.1) is 0 Å². The molecule has 1 rings (SSSR count). The minimum Gasteiger partial charge on any atom is -0.289 e. The molecular formula is C11H9F3O. The van der Waals surface area contributed by atoms with E-state index in [9.17, 15) is 18.0 Å². The Bertz CT molecular complexity index is 408. The van der Waals surface area contributed by atoms with Crippen molar-refractivity contribution in [1.29, 1.82) is 0 Å². The summed E-state index contributed by atoms with van der Waals surface area (Å²) in [6.45, 7) is 3.35. The van der Waals surface area contributed by atoms with Crippen LogP contribution in [0.15, 0.2) is 23.8 Å². The molecule has 0 saturated heterocycles. The van der Waals surface area contributed by atoms with Gasteiger partial charge in [0.15, 0.2) is 23.2 Å². The first-order chi connectivity index (χ1) is 6.91. The Morgan fingerprint density at radius 2 is 1.60 bits per heavy atom. The lowest BCUT2D eigenvalue weighted by molar-refractivity contribution is 0.104. The second-order valence-corrected chi connectivity index (χ2v) is 3.34. The van der Waals surface area contributed by atoms with E-state index in [1.165, 1.54) is 6.08 Å². The van der Waals surface area contributed by atoms with Gasteiger partial charge < -0.3 is 0 Å². The van der Waals surface area contributed by atoms with Crippen LogP contribution in [0, 0.1) is 17.5 Å². The van der Waals surface area contributed by atoms with E-state index in [2.05, 4.69) is 0 Å². The van der Waals surface area contributed by atoms with E-state index < -0.39 is 23.2 Å². The van der Waals surface area contributed by atoms with E-state index in [-0.39, 0.29) is 5.56 Å². The lowest BCUT2D eigenvalue weighted by Crippen LogP contribution is -2.00. The number of rotatable bonds is 2. The minimum absolute atomic E-state index is 0.201. The Morgan fingerprint density at radius 1 is 1.13 bits per heavy atom. The molecule has 0 fully saturated rings. The summed E-state index contributed by atoms with van der Waals surface area (Å²) < 4.78 is 38.1. The number of hydrogen-bond donors (Lipinski definition) is 0. The maximum Gasteiger partial charge on any atom is 0.194 e. The van der Waals surface area contributed by atoms with Crippen LogP contribution in [0.3, 0.4) is 0 Å². The maximum absolute atomic E-state index is 12.7. The Hall–Kier alpha value is -1.58. The first-order valence-electron chi connectivity index (χ1n) is 4.25. The Labute approximate surface area is 85.2 Å². The van der Waals surface area contributed by atoms with Crippen molar-refractivity contribution < 1.29 is 18.0 Å². The zero-order valence-corrected chi connectivity index (χ0v) is 8.27. The van der Waals surface area contributed by atoms with Crippen LogP contribution in [0.2, 0.25) is 0 Å². The Balaban J connectivity index is 3.18. The van der Waals surface area contributed by atoms with Gasteiger partial charge in [-0.1, -0.05) is 5.57 Å². The zero-order chi connectivity index (χ0) is 11.6. The average molecular weight is 214 g/mol. The number of carbonyl (C=O) groups is 1. The van der Waals surface area contributed by atoms with E-state index in [0.717, 1.165) is 0 Å². The molecule has 0 spiro atoms. The predicted octanol–water partition coefficient (Wildman–Crippen LogP) is 3.25. The summed E-state index contributed by atoms with van der Waals surface area (Å²) in [7, 11) is 0. The van der Waals surface area contributed by atoms with Gasteiger partial charge in [-0.25, -0.2) is 13.2 Å². The van der Waals surface area contributed by atoms with Gasteiger partial charge in [0, 0.05) is 5.56 Å². The van der Waals surface area contributed by atoms with E-state index in [0.29, 0.717) is 17.7 Å². The number of halogens is 3. The fraction of sp³-hybridized carbons (Fsp3) is 0.182. The van der Waals surface area contributed by atoms with Crippen molar-refractivity contribution in [3.63, 3.8) is 0 Å². The molecule has 0 amide bonds. The minimum atomic E-state index is -1.57. The number of hydrogen-bond acceptors (Lipinski definition) is 1. The number of allylic oxidation sites excluding steroid dienone is 2. The monoisotopic (exact) mass is 214 g/mol. The van der Waals surface area contributed by atoms with Crippen molar-refractivity contribution in [3.8, 4) is 0 Å². The molecule has 15 heavy (non-hydrogen) atoms. The van der Waals surface area contributed by atoms with E-state index in [4.69, 9.17) is 0 Å². The molecule has 0 aromatic heterocycles. The molecule has 0 bridgehead atoms. The van der Waals surface area contributed by atoms with E-state index in [1.807, 2.05) is 0 Å². The van der Waals surface area contributed by atoms with Crippen LogP contribution in [0.5, 0.6) is 0 Å². The highest BCUT2D eigenvalue weighted by Gasteiger charge is 2.13. The zero-order valence-electron chi connectivity index (χ0n) is 8.27. The third-order valence-corrected chi connectivity index (χ3v) is 1.69. The fourth-order valence-corrected chi connectivity index (χ4v) is 1.04. The third kappa shape index (κ3) is 2.68. The molecule has 0 heterocycles. The predicted molar refractivity (Wildman–Crippen MR) is 50.1 cm³/mol. The molecule has 0 unspecified atom stereocenters. The largest absolute Gasteiger partial charge is 0.289 e. The van der Waals surface area contributed by atoms with Crippen molar-refractivity contribution in [2.24, 2.45) is 0 Å². The van der Waals surface area contributed by atoms with Gasteiger partial charge in [0.1, 0.15) is 0 Å². The SMILES string of the molecule is CC(C)=CC(=O)c1cc(F)c(F)c(F)c1. The van der Waals surface area contributed by atoms with Gasteiger partial charge in [0.05, 0.1) is 0 Å². The summed E-state index contributed by atoms with van der Waals surface area (Å²) in [6.07, 6.45) is 1.23. The molecule has 80 valence electrons.